The first-order chi connectivity index (χ1) is 9.24. The van der Waals surface area contributed by atoms with Gasteiger partial charge in [0.1, 0.15) is 5.82 Å². The summed E-state index contributed by atoms with van der Waals surface area (Å²) in [4.78, 5) is 12.1. The molecule has 2 aliphatic rings. The molecule has 1 heterocycles. The molecular weight excluding hydrogens is 243 g/mol. The Morgan fingerprint density at radius 2 is 1.95 bits per heavy atom. The van der Waals surface area contributed by atoms with Gasteiger partial charge in [0.2, 0.25) is 5.91 Å². The zero-order chi connectivity index (χ0) is 13.2. The van der Waals surface area contributed by atoms with Gasteiger partial charge in [-0.05, 0) is 36.5 Å². The summed E-state index contributed by atoms with van der Waals surface area (Å²) in [6.07, 6.45) is 3.51. The van der Waals surface area contributed by atoms with Gasteiger partial charge in [0.05, 0.1) is 12.0 Å². The van der Waals surface area contributed by atoms with E-state index in [0.717, 1.165) is 31.5 Å². The van der Waals surface area contributed by atoms with Crippen molar-refractivity contribution < 1.29 is 9.18 Å². The highest BCUT2D eigenvalue weighted by Gasteiger charge is 2.33. The number of amides is 1. The third kappa shape index (κ3) is 2.63. The summed E-state index contributed by atoms with van der Waals surface area (Å²) in [6, 6.07) is 6.56. The average Bonchev–Trinajstić information content (AvgIpc) is 2.24. The fourth-order valence-electron chi connectivity index (χ4n) is 2.66. The van der Waals surface area contributed by atoms with Crippen LogP contribution in [0.1, 0.15) is 30.9 Å². The van der Waals surface area contributed by atoms with Gasteiger partial charge in [0.25, 0.3) is 0 Å². The van der Waals surface area contributed by atoms with E-state index in [2.05, 4.69) is 10.6 Å². The van der Waals surface area contributed by atoms with Crippen molar-refractivity contribution in [3.63, 3.8) is 0 Å². The summed E-state index contributed by atoms with van der Waals surface area (Å²) < 4.78 is 13.0. The molecule has 1 aliphatic heterocycles. The fraction of sp³-hybridized carbons (Fsp3) is 0.533. The number of carbonyl (C=O) groups is 1. The number of hydrogen-bond donors (Lipinski definition) is 2. The topological polar surface area (TPSA) is 41.1 Å². The van der Waals surface area contributed by atoms with Crippen molar-refractivity contribution in [3.8, 4) is 0 Å². The standard InChI is InChI=1S/C15H19FN2O/c16-13-6-4-11(5-7-13)14(10-2-1-3-10)18-15(19)12-8-17-9-12/h4-7,10,12,14,17H,1-3,8-9H2,(H,18,19). The Kier molecular flexibility index (Phi) is 3.51. The highest BCUT2D eigenvalue weighted by Crippen LogP contribution is 2.37. The minimum atomic E-state index is -0.231. The predicted octanol–water partition coefficient (Wildman–Crippen LogP) is 2.00. The first-order valence-electron chi connectivity index (χ1n) is 7.00. The van der Waals surface area contributed by atoms with Gasteiger partial charge >= 0.3 is 0 Å². The van der Waals surface area contributed by atoms with Crippen LogP contribution in [0.3, 0.4) is 0 Å². The van der Waals surface area contributed by atoms with E-state index in [9.17, 15) is 9.18 Å². The van der Waals surface area contributed by atoms with Gasteiger partial charge in [0, 0.05) is 13.1 Å². The molecule has 0 bridgehead atoms. The summed E-state index contributed by atoms with van der Waals surface area (Å²) in [5.41, 5.74) is 1.02. The Hall–Kier alpha value is -1.42. The normalized spacial score (nSPS) is 21.3. The van der Waals surface area contributed by atoms with Crippen molar-refractivity contribution in [2.24, 2.45) is 11.8 Å². The van der Waals surface area contributed by atoms with Crippen LogP contribution in [-0.4, -0.2) is 19.0 Å². The molecule has 1 saturated heterocycles. The summed E-state index contributed by atoms with van der Waals surface area (Å²) in [7, 11) is 0. The zero-order valence-electron chi connectivity index (χ0n) is 10.9. The Labute approximate surface area is 112 Å². The largest absolute Gasteiger partial charge is 0.349 e. The van der Waals surface area contributed by atoms with E-state index in [1.807, 2.05) is 0 Å². The molecule has 3 rings (SSSR count). The quantitative estimate of drug-likeness (QED) is 0.871. The summed E-state index contributed by atoms with van der Waals surface area (Å²) in [6.45, 7) is 1.54. The average molecular weight is 262 g/mol. The van der Waals surface area contributed by atoms with Crippen LogP contribution in [-0.2, 0) is 4.79 Å². The van der Waals surface area contributed by atoms with Crippen molar-refractivity contribution in [2.75, 3.05) is 13.1 Å². The van der Waals surface area contributed by atoms with Crippen LogP contribution in [0.2, 0.25) is 0 Å². The van der Waals surface area contributed by atoms with Gasteiger partial charge < -0.3 is 10.6 Å². The molecule has 2 N–H and O–H groups in total. The lowest BCUT2D eigenvalue weighted by Crippen LogP contribution is -2.52. The van der Waals surface area contributed by atoms with Crippen molar-refractivity contribution in [1.29, 1.82) is 0 Å². The Morgan fingerprint density at radius 3 is 2.42 bits per heavy atom. The van der Waals surface area contributed by atoms with E-state index in [0.29, 0.717) is 5.92 Å². The monoisotopic (exact) mass is 262 g/mol. The van der Waals surface area contributed by atoms with Crippen LogP contribution in [0.5, 0.6) is 0 Å². The molecule has 1 unspecified atom stereocenters. The molecule has 19 heavy (non-hydrogen) atoms. The smallest absolute Gasteiger partial charge is 0.226 e. The molecule has 1 atom stereocenters. The second-order valence-corrected chi connectivity index (χ2v) is 5.58. The van der Waals surface area contributed by atoms with Gasteiger partial charge in [-0.3, -0.25) is 4.79 Å². The third-order valence-corrected chi connectivity index (χ3v) is 4.30. The molecule has 1 amide bonds. The number of carbonyl (C=O) groups excluding carboxylic acids is 1. The highest BCUT2D eigenvalue weighted by atomic mass is 19.1. The van der Waals surface area contributed by atoms with E-state index < -0.39 is 0 Å². The lowest BCUT2D eigenvalue weighted by Gasteiger charge is -2.36. The van der Waals surface area contributed by atoms with Gasteiger partial charge in [0.15, 0.2) is 0 Å². The molecule has 1 aliphatic carbocycles. The number of rotatable bonds is 4. The summed E-state index contributed by atoms with van der Waals surface area (Å²) >= 11 is 0. The van der Waals surface area contributed by atoms with Gasteiger partial charge in [-0.25, -0.2) is 4.39 Å². The first kappa shape index (κ1) is 12.6. The van der Waals surface area contributed by atoms with Crippen molar-refractivity contribution in [2.45, 2.75) is 25.3 Å². The van der Waals surface area contributed by atoms with Gasteiger partial charge in [-0.1, -0.05) is 18.6 Å². The van der Waals surface area contributed by atoms with Gasteiger partial charge in [-0.15, -0.1) is 0 Å². The van der Waals surface area contributed by atoms with E-state index >= 15 is 0 Å². The van der Waals surface area contributed by atoms with Crippen LogP contribution in [0.15, 0.2) is 24.3 Å². The van der Waals surface area contributed by atoms with Crippen LogP contribution < -0.4 is 10.6 Å². The summed E-state index contributed by atoms with van der Waals surface area (Å²) in [5, 5.41) is 6.26. The van der Waals surface area contributed by atoms with E-state index in [4.69, 9.17) is 0 Å². The van der Waals surface area contributed by atoms with Crippen LogP contribution in [0.25, 0.3) is 0 Å². The van der Waals surface area contributed by atoms with Crippen molar-refractivity contribution >= 4 is 5.91 Å². The third-order valence-electron chi connectivity index (χ3n) is 4.30. The maximum Gasteiger partial charge on any atom is 0.226 e. The Bertz CT molecular complexity index is 452. The van der Waals surface area contributed by atoms with Crippen LogP contribution in [0, 0.1) is 17.7 Å². The summed E-state index contributed by atoms with van der Waals surface area (Å²) in [5.74, 6) is 0.496. The first-order valence-corrected chi connectivity index (χ1v) is 7.00. The van der Waals surface area contributed by atoms with Gasteiger partial charge in [-0.2, -0.15) is 0 Å². The lowest BCUT2D eigenvalue weighted by molar-refractivity contribution is -0.127. The Balaban J connectivity index is 1.73. The van der Waals surface area contributed by atoms with Crippen molar-refractivity contribution in [1.82, 2.24) is 10.6 Å². The number of halogens is 1. The van der Waals surface area contributed by atoms with Crippen LogP contribution in [0.4, 0.5) is 4.39 Å². The van der Waals surface area contributed by atoms with Crippen LogP contribution >= 0.6 is 0 Å². The molecule has 1 saturated carbocycles. The number of nitrogens with one attached hydrogen (secondary N) is 2. The molecule has 0 spiro atoms. The molecule has 2 fully saturated rings. The SMILES string of the molecule is O=C(NC(c1ccc(F)cc1)C1CCC1)C1CNC1. The minimum absolute atomic E-state index is 0.0439. The van der Waals surface area contributed by atoms with E-state index in [1.54, 1.807) is 12.1 Å². The molecule has 0 aromatic heterocycles. The zero-order valence-corrected chi connectivity index (χ0v) is 10.9. The lowest BCUT2D eigenvalue weighted by atomic mass is 9.77. The highest BCUT2D eigenvalue weighted by molar-refractivity contribution is 5.80. The number of hydrogen-bond acceptors (Lipinski definition) is 2. The Morgan fingerprint density at radius 1 is 1.26 bits per heavy atom. The minimum Gasteiger partial charge on any atom is -0.349 e. The maximum atomic E-state index is 13.0. The fourth-order valence-corrected chi connectivity index (χ4v) is 2.66. The number of benzene rings is 1. The van der Waals surface area contributed by atoms with Crippen molar-refractivity contribution in [3.05, 3.63) is 35.6 Å². The maximum absolute atomic E-state index is 13.0. The molecule has 102 valence electrons. The predicted molar refractivity (Wildman–Crippen MR) is 71.0 cm³/mol. The molecule has 3 nitrogen and oxygen atoms in total. The van der Waals surface area contributed by atoms with E-state index in [-0.39, 0.29) is 23.7 Å². The molecule has 0 radical (unpaired) electrons. The molecule has 1 aromatic rings. The molecule has 1 aromatic carbocycles. The second kappa shape index (κ2) is 5.29. The second-order valence-electron chi connectivity index (χ2n) is 5.58. The molecule has 4 heteroatoms. The molecular formula is C15H19FN2O. The van der Waals surface area contributed by atoms with E-state index in [1.165, 1.54) is 18.6 Å².